The molecule has 0 spiro atoms. The molecule has 1 saturated heterocycles. The van der Waals surface area contributed by atoms with Gasteiger partial charge in [0.05, 0.1) is 24.4 Å². The molecule has 0 N–H and O–H groups in total. The summed E-state index contributed by atoms with van der Waals surface area (Å²) in [4.78, 5) is 7.08. The molecule has 0 saturated carbocycles. The van der Waals surface area contributed by atoms with Gasteiger partial charge in [-0.1, -0.05) is 24.3 Å². The number of nitrogens with zero attached hydrogens (tertiary/aromatic N) is 2. The first-order valence-corrected chi connectivity index (χ1v) is 8.88. The zero-order valence-electron chi connectivity index (χ0n) is 10.9. The quantitative estimate of drug-likeness (QED) is 0.765. The fraction of sp³-hybridized carbons (Fsp3) is 0.357. The summed E-state index contributed by atoms with van der Waals surface area (Å²) >= 11 is 0.757. The number of morpholine rings is 1. The van der Waals surface area contributed by atoms with Crippen molar-refractivity contribution in [3.05, 3.63) is 42.1 Å². The van der Waals surface area contributed by atoms with Gasteiger partial charge < -0.3 is 4.74 Å². The van der Waals surface area contributed by atoms with Crippen LogP contribution in [0.2, 0.25) is 0 Å². The number of pyridine rings is 1. The van der Waals surface area contributed by atoms with E-state index in [1.165, 1.54) is 5.39 Å². The summed E-state index contributed by atoms with van der Waals surface area (Å²) in [6.45, 7) is 4.62. The van der Waals surface area contributed by atoms with E-state index in [0.717, 1.165) is 57.2 Å². The van der Waals surface area contributed by atoms with Gasteiger partial charge in [-0.2, -0.15) is 0 Å². The molecule has 1 fully saturated rings. The van der Waals surface area contributed by atoms with Gasteiger partial charge in [0.25, 0.3) is 0 Å². The van der Waals surface area contributed by atoms with Crippen LogP contribution in [0.3, 0.4) is 0 Å². The van der Waals surface area contributed by atoms with Gasteiger partial charge in [-0.3, -0.25) is 9.88 Å². The molecule has 113 valence electrons. The fourth-order valence-corrected chi connectivity index (χ4v) is 2.18. The van der Waals surface area contributed by atoms with Crippen molar-refractivity contribution in [1.29, 1.82) is 0 Å². The summed E-state index contributed by atoms with van der Waals surface area (Å²) in [5.41, 5.74) is 2.23. The van der Waals surface area contributed by atoms with Gasteiger partial charge in [0.1, 0.15) is 0 Å². The van der Waals surface area contributed by atoms with Crippen LogP contribution in [0.15, 0.2) is 36.4 Å². The predicted molar refractivity (Wildman–Crippen MR) is 79.5 cm³/mol. The molecule has 1 aliphatic heterocycles. The molecular formula is C14H16Cl2CuN2O. The Labute approximate surface area is 133 Å². The first-order chi connectivity index (χ1) is 9.83. The van der Waals surface area contributed by atoms with Gasteiger partial charge in [-0.15, -0.1) is 0 Å². The van der Waals surface area contributed by atoms with Crippen molar-refractivity contribution in [2.45, 2.75) is 6.54 Å². The summed E-state index contributed by atoms with van der Waals surface area (Å²) in [7, 11) is 9.34. The number of hydrogen-bond acceptors (Lipinski definition) is 3. The second-order valence-corrected chi connectivity index (χ2v) is 5.98. The second-order valence-electron chi connectivity index (χ2n) is 4.43. The molecule has 20 heavy (non-hydrogen) atoms. The largest absolute Gasteiger partial charge is 0.379 e. The standard InChI is InChI=1S/C14H16N2O.2ClH.Cu/c1-2-4-14-12(3-1)5-6-13(15-14)11-16-7-9-17-10-8-16;;;/h1-6H,7-11H2;2*1H;/q;;;+2/p-2. The molecule has 0 atom stereocenters. The third-order valence-corrected chi connectivity index (χ3v) is 3.15. The van der Waals surface area contributed by atoms with Crippen LogP contribution in [0.1, 0.15) is 5.69 Å². The fourth-order valence-electron chi connectivity index (χ4n) is 2.18. The van der Waals surface area contributed by atoms with E-state index in [-0.39, 0.29) is 0 Å². The molecule has 2 heterocycles. The average molecular weight is 363 g/mol. The maximum Gasteiger partial charge on any atom is 0.0705 e. The second kappa shape index (κ2) is 8.83. The van der Waals surface area contributed by atoms with Crippen LogP contribution < -0.4 is 0 Å². The number of para-hydroxylation sites is 1. The minimum atomic E-state index is 0.757. The summed E-state index contributed by atoms with van der Waals surface area (Å²) in [6, 6.07) is 12.5. The predicted octanol–water partition coefficient (Wildman–Crippen LogP) is 3.44. The van der Waals surface area contributed by atoms with Crippen molar-refractivity contribution in [1.82, 2.24) is 9.88 Å². The van der Waals surface area contributed by atoms with Crippen molar-refractivity contribution in [2.75, 3.05) is 26.3 Å². The summed E-state index contributed by atoms with van der Waals surface area (Å²) in [5.74, 6) is 0. The molecule has 6 heteroatoms. The topological polar surface area (TPSA) is 25.4 Å². The Morgan fingerprint density at radius 1 is 1.10 bits per heavy atom. The molecule has 0 amide bonds. The van der Waals surface area contributed by atoms with Gasteiger partial charge in [0, 0.05) is 25.0 Å². The van der Waals surface area contributed by atoms with Crippen LogP contribution in [-0.2, 0) is 24.4 Å². The van der Waals surface area contributed by atoms with Gasteiger partial charge in [0.15, 0.2) is 0 Å². The number of fused-ring (bicyclic) bond motifs is 1. The maximum absolute atomic E-state index is 5.35. The van der Waals surface area contributed by atoms with Crippen molar-refractivity contribution in [2.24, 2.45) is 0 Å². The third kappa shape index (κ3) is 4.88. The van der Waals surface area contributed by atoms with Crippen molar-refractivity contribution in [3.63, 3.8) is 0 Å². The minimum Gasteiger partial charge on any atom is -0.379 e. The molecule has 3 nitrogen and oxygen atoms in total. The van der Waals surface area contributed by atoms with Crippen molar-refractivity contribution in [3.8, 4) is 0 Å². The van der Waals surface area contributed by atoms with Crippen LogP contribution in [0.25, 0.3) is 10.9 Å². The number of halogens is 2. The molecule has 1 aliphatic rings. The van der Waals surface area contributed by atoms with E-state index in [1.54, 1.807) is 0 Å². The van der Waals surface area contributed by atoms with Gasteiger partial charge in [-0.05, 0) is 12.1 Å². The van der Waals surface area contributed by atoms with E-state index in [0.29, 0.717) is 0 Å². The molecule has 0 bridgehead atoms. The van der Waals surface area contributed by atoms with Crippen LogP contribution >= 0.6 is 20.2 Å². The number of hydrogen-bond donors (Lipinski definition) is 0. The maximum atomic E-state index is 5.35. The molecule has 0 aliphatic carbocycles. The molecule has 1 aromatic carbocycles. The zero-order chi connectivity index (χ0) is 14.2. The number of aromatic nitrogens is 1. The molecule has 3 rings (SSSR count). The van der Waals surface area contributed by atoms with Crippen LogP contribution in [0.4, 0.5) is 0 Å². The van der Waals surface area contributed by atoms with Gasteiger partial charge >= 0.3 is 33.3 Å². The summed E-state index contributed by atoms with van der Waals surface area (Å²) in [5, 5.41) is 1.21. The Bertz CT molecular complexity index is 535. The monoisotopic (exact) mass is 361 g/mol. The molecule has 2 aromatic rings. The Kier molecular flexibility index (Phi) is 7.08. The van der Waals surface area contributed by atoms with E-state index in [4.69, 9.17) is 4.74 Å². The zero-order valence-corrected chi connectivity index (χ0v) is 13.3. The van der Waals surface area contributed by atoms with E-state index in [1.807, 2.05) is 12.1 Å². The normalized spacial score (nSPS) is 15.9. The Morgan fingerprint density at radius 3 is 2.55 bits per heavy atom. The van der Waals surface area contributed by atoms with Crippen LogP contribution in [0.5, 0.6) is 0 Å². The van der Waals surface area contributed by atoms with Crippen molar-refractivity contribution >= 4 is 31.1 Å². The summed E-state index contributed by atoms with van der Waals surface area (Å²) in [6.07, 6.45) is 0. The van der Waals surface area contributed by atoms with E-state index in [9.17, 15) is 0 Å². The van der Waals surface area contributed by atoms with Crippen LogP contribution in [-0.4, -0.2) is 36.2 Å². The van der Waals surface area contributed by atoms with E-state index >= 15 is 0 Å². The molecular weight excluding hydrogens is 347 g/mol. The minimum absolute atomic E-state index is 0.757. The van der Waals surface area contributed by atoms with E-state index < -0.39 is 0 Å². The van der Waals surface area contributed by atoms with Gasteiger partial charge in [0.2, 0.25) is 0 Å². The smallest absolute Gasteiger partial charge is 0.0705 e. The molecule has 0 radical (unpaired) electrons. The molecule has 0 unspecified atom stereocenters. The number of rotatable bonds is 2. The Hall–Kier alpha value is -0.351. The number of ether oxygens (including phenoxy) is 1. The first kappa shape index (κ1) is 16.0. The Morgan fingerprint density at radius 2 is 1.80 bits per heavy atom. The molecule has 1 aromatic heterocycles. The third-order valence-electron chi connectivity index (χ3n) is 3.15. The van der Waals surface area contributed by atoms with Crippen LogP contribution in [0, 0.1) is 0 Å². The summed E-state index contributed by atoms with van der Waals surface area (Å²) < 4.78 is 5.35. The first-order valence-electron chi connectivity index (χ1n) is 6.29. The Balaban J connectivity index is 0.000000452. The van der Waals surface area contributed by atoms with Crippen molar-refractivity contribution < 1.29 is 17.9 Å². The van der Waals surface area contributed by atoms with E-state index in [2.05, 4.69) is 54.3 Å². The van der Waals surface area contributed by atoms with Gasteiger partial charge in [-0.25, -0.2) is 0 Å². The average Bonchev–Trinajstić information content (AvgIpc) is 2.49. The number of benzene rings is 1. The SMILES string of the molecule is [Cl][Cu][Cl].c1ccc2nc(CN3CCOCC3)ccc2c1.